The fourth-order valence-corrected chi connectivity index (χ4v) is 1.69. The Morgan fingerprint density at radius 2 is 2.12 bits per heavy atom. The van der Waals surface area contributed by atoms with Gasteiger partial charge in [-0.05, 0) is 31.8 Å². The van der Waals surface area contributed by atoms with Crippen molar-refractivity contribution in [2.24, 2.45) is 5.73 Å². The topological polar surface area (TPSA) is 38.5 Å². The summed E-state index contributed by atoms with van der Waals surface area (Å²) in [6.45, 7) is 1.31. The minimum absolute atomic E-state index is 0.149. The van der Waals surface area contributed by atoms with Crippen molar-refractivity contribution in [3.05, 3.63) is 29.6 Å². The summed E-state index contributed by atoms with van der Waals surface area (Å²) in [5, 5.41) is 0. The van der Waals surface area contributed by atoms with Crippen LogP contribution >= 0.6 is 0 Å². The van der Waals surface area contributed by atoms with Crippen molar-refractivity contribution < 1.29 is 9.13 Å². The molecule has 0 saturated heterocycles. The average Bonchev–Trinajstić information content (AvgIpc) is 2.25. The molecule has 4 heteroatoms. The monoisotopic (exact) mass is 226 g/mol. The molecule has 1 aromatic carbocycles. The summed E-state index contributed by atoms with van der Waals surface area (Å²) in [5.74, 6) is 0.0805. The number of hydrogen-bond acceptors (Lipinski definition) is 3. The van der Waals surface area contributed by atoms with Gasteiger partial charge in [0.2, 0.25) is 0 Å². The zero-order valence-corrected chi connectivity index (χ0v) is 10.0. The smallest absolute Gasteiger partial charge is 0.165 e. The standard InChI is InChI=1S/C12H19FN2O/c1-15(2)8-10(7-14)9-4-5-12(16-3)11(13)6-9/h4-6,10H,7-8,14H2,1-3H3. The molecular weight excluding hydrogens is 207 g/mol. The van der Waals surface area contributed by atoms with Gasteiger partial charge in [0.05, 0.1) is 7.11 Å². The van der Waals surface area contributed by atoms with E-state index in [0.717, 1.165) is 12.1 Å². The first-order valence-corrected chi connectivity index (χ1v) is 5.26. The second-order valence-electron chi connectivity index (χ2n) is 4.09. The number of halogens is 1. The molecule has 1 aromatic rings. The molecular formula is C12H19FN2O. The lowest BCUT2D eigenvalue weighted by molar-refractivity contribution is 0.371. The number of hydrogen-bond donors (Lipinski definition) is 1. The maximum Gasteiger partial charge on any atom is 0.165 e. The van der Waals surface area contributed by atoms with Gasteiger partial charge in [0.25, 0.3) is 0 Å². The van der Waals surface area contributed by atoms with E-state index in [4.69, 9.17) is 10.5 Å². The number of ether oxygens (including phenoxy) is 1. The van der Waals surface area contributed by atoms with Gasteiger partial charge in [0, 0.05) is 19.0 Å². The Labute approximate surface area is 96.0 Å². The first-order valence-electron chi connectivity index (χ1n) is 5.26. The molecule has 0 aromatic heterocycles. The molecule has 0 aliphatic carbocycles. The van der Waals surface area contributed by atoms with Gasteiger partial charge in [-0.1, -0.05) is 6.07 Å². The lowest BCUT2D eigenvalue weighted by Gasteiger charge is -2.20. The van der Waals surface area contributed by atoms with E-state index in [1.165, 1.54) is 13.2 Å². The predicted molar refractivity (Wildman–Crippen MR) is 63.3 cm³/mol. The first kappa shape index (κ1) is 12.9. The van der Waals surface area contributed by atoms with Crippen LogP contribution in [0.2, 0.25) is 0 Å². The Morgan fingerprint density at radius 3 is 2.56 bits per heavy atom. The van der Waals surface area contributed by atoms with Gasteiger partial charge in [-0.2, -0.15) is 0 Å². The SMILES string of the molecule is COc1ccc(C(CN)CN(C)C)cc1F. The minimum atomic E-state index is -0.336. The number of rotatable bonds is 5. The second-order valence-corrected chi connectivity index (χ2v) is 4.09. The van der Waals surface area contributed by atoms with Gasteiger partial charge in [0.1, 0.15) is 0 Å². The van der Waals surface area contributed by atoms with Crippen LogP contribution in [0.1, 0.15) is 11.5 Å². The van der Waals surface area contributed by atoms with E-state index in [-0.39, 0.29) is 17.5 Å². The molecule has 0 spiro atoms. The highest BCUT2D eigenvalue weighted by molar-refractivity contribution is 5.31. The predicted octanol–water partition coefficient (Wildman–Crippen LogP) is 1.44. The Morgan fingerprint density at radius 1 is 1.44 bits per heavy atom. The number of nitrogens with two attached hydrogens (primary N) is 1. The number of nitrogens with zero attached hydrogens (tertiary/aromatic N) is 1. The number of methoxy groups -OCH3 is 1. The average molecular weight is 226 g/mol. The van der Waals surface area contributed by atoms with Gasteiger partial charge in [0.15, 0.2) is 11.6 Å². The maximum atomic E-state index is 13.5. The molecule has 1 atom stereocenters. The lowest BCUT2D eigenvalue weighted by Crippen LogP contribution is -2.25. The first-order chi connectivity index (χ1) is 7.58. The molecule has 0 heterocycles. The van der Waals surface area contributed by atoms with Crippen LogP contribution in [-0.2, 0) is 0 Å². The molecule has 1 rings (SSSR count). The molecule has 0 radical (unpaired) electrons. The molecule has 3 nitrogen and oxygen atoms in total. The van der Waals surface area contributed by atoms with Crippen LogP contribution in [0.5, 0.6) is 5.75 Å². The molecule has 90 valence electrons. The molecule has 0 bridgehead atoms. The second kappa shape index (κ2) is 5.82. The van der Waals surface area contributed by atoms with Crippen LogP contribution in [0.25, 0.3) is 0 Å². The fraction of sp³-hybridized carbons (Fsp3) is 0.500. The van der Waals surface area contributed by atoms with E-state index in [0.29, 0.717) is 6.54 Å². The molecule has 2 N–H and O–H groups in total. The molecule has 16 heavy (non-hydrogen) atoms. The van der Waals surface area contributed by atoms with Crippen molar-refractivity contribution in [3.63, 3.8) is 0 Å². The van der Waals surface area contributed by atoms with E-state index in [2.05, 4.69) is 0 Å². The Balaban J connectivity index is 2.89. The summed E-state index contributed by atoms with van der Waals surface area (Å²) in [4.78, 5) is 2.04. The van der Waals surface area contributed by atoms with Crippen molar-refractivity contribution in [3.8, 4) is 5.75 Å². The van der Waals surface area contributed by atoms with Crippen LogP contribution in [0.15, 0.2) is 18.2 Å². The highest BCUT2D eigenvalue weighted by Gasteiger charge is 2.13. The van der Waals surface area contributed by atoms with Crippen LogP contribution in [0, 0.1) is 5.82 Å². The lowest BCUT2D eigenvalue weighted by atomic mass is 9.98. The molecule has 1 unspecified atom stereocenters. The van der Waals surface area contributed by atoms with E-state index >= 15 is 0 Å². The van der Waals surface area contributed by atoms with Crippen LogP contribution in [0.3, 0.4) is 0 Å². The highest BCUT2D eigenvalue weighted by atomic mass is 19.1. The summed E-state index contributed by atoms with van der Waals surface area (Å²) in [6, 6.07) is 5.01. The molecule has 0 aliphatic rings. The normalized spacial score (nSPS) is 12.9. The van der Waals surface area contributed by atoms with Crippen LogP contribution in [0.4, 0.5) is 4.39 Å². The molecule has 0 aliphatic heterocycles. The van der Waals surface area contributed by atoms with Gasteiger partial charge in [-0.25, -0.2) is 4.39 Å². The van der Waals surface area contributed by atoms with E-state index < -0.39 is 0 Å². The summed E-state index contributed by atoms with van der Waals surface area (Å²) >= 11 is 0. The summed E-state index contributed by atoms with van der Waals surface area (Å²) in [5.41, 5.74) is 6.60. The van der Waals surface area contributed by atoms with E-state index in [1.54, 1.807) is 6.07 Å². The summed E-state index contributed by atoms with van der Waals surface area (Å²) in [6.07, 6.45) is 0. The molecule has 0 fully saturated rings. The third-order valence-electron chi connectivity index (χ3n) is 2.52. The zero-order valence-electron chi connectivity index (χ0n) is 10.0. The maximum absolute atomic E-state index is 13.5. The Hall–Kier alpha value is -1.13. The van der Waals surface area contributed by atoms with Crippen molar-refractivity contribution in [2.75, 3.05) is 34.3 Å². The van der Waals surface area contributed by atoms with Crippen LogP contribution in [-0.4, -0.2) is 39.2 Å². The third kappa shape index (κ3) is 3.18. The van der Waals surface area contributed by atoms with Crippen molar-refractivity contribution >= 4 is 0 Å². The van der Waals surface area contributed by atoms with Crippen LogP contribution < -0.4 is 10.5 Å². The molecule has 0 amide bonds. The van der Waals surface area contributed by atoms with Gasteiger partial charge >= 0.3 is 0 Å². The third-order valence-corrected chi connectivity index (χ3v) is 2.52. The summed E-state index contributed by atoms with van der Waals surface area (Å²) < 4.78 is 18.4. The van der Waals surface area contributed by atoms with Gasteiger partial charge < -0.3 is 15.4 Å². The largest absolute Gasteiger partial charge is 0.494 e. The van der Waals surface area contributed by atoms with Crippen molar-refractivity contribution in [1.29, 1.82) is 0 Å². The summed E-state index contributed by atoms with van der Waals surface area (Å²) in [7, 11) is 5.41. The van der Waals surface area contributed by atoms with Gasteiger partial charge in [-0.15, -0.1) is 0 Å². The van der Waals surface area contributed by atoms with E-state index in [9.17, 15) is 4.39 Å². The highest BCUT2D eigenvalue weighted by Crippen LogP contribution is 2.22. The quantitative estimate of drug-likeness (QED) is 0.825. The fourth-order valence-electron chi connectivity index (χ4n) is 1.69. The number of likely N-dealkylation sites (N-methyl/N-ethyl adjacent to an activating group) is 1. The zero-order chi connectivity index (χ0) is 12.1. The van der Waals surface area contributed by atoms with Gasteiger partial charge in [-0.3, -0.25) is 0 Å². The minimum Gasteiger partial charge on any atom is -0.494 e. The Bertz CT molecular complexity index is 342. The number of benzene rings is 1. The van der Waals surface area contributed by atoms with E-state index in [1.807, 2.05) is 25.1 Å². The molecule has 0 saturated carbocycles. The van der Waals surface area contributed by atoms with Crippen molar-refractivity contribution in [1.82, 2.24) is 4.90 Å². The Kier molecular flexibility index (Phi) is 4.71. The van der Waals surface area contributed by atoms with Crippen molar-refractivity contribution in [2.45, 2.75) is 5.92 Å².